The predicted octanol–water partition coefficient (Wildman–Crippen LogP) is 5.38. The first-order valence-corrected chi connectivity index (χ1v) is 9.28. The molecule has 0 aromatic carbocycles. The summed E-state index contributed by atoms with van der Waals surface area (Å²) in [5.41, 5.74) is 0. The molecule has 3 saturated carbocycles. The first-order valence-electron chi connectivity index (χ1n) is 9.28. The van der Waals surface area contributed by atoms with E-state index in [-0.39, 0.29) is 0 Å². The molecular formula is C19H32O. The standard InChI is InChI=1S/C19H32O/c1-2-3-14-4-5-18-13-17(7-6-16(18)12-14)15-8-10-19(20)11-9-15/h14-18H,2-13H2,1H3. The lowest BCUT2D eigenvalue weighted by Gasteiger charge is -2.44. The molecule has 1 heteroatoms. The largest absolute Gasteiger partial charge is 0.300 e. The summed E-state index contributed by atoms with van der Waals surface area (Å²) in [6.45, 7) is 2.34. The van der Waals surface area contributed by atoms with E-state index in [1.807, 2.05) is 0 Å². The van der Waals surface area contributed by atoms with Crippen LogP contribution in [0.3, 0.4) is 0 Å². The lowest BCUT2D eigenvalue weighted by Crippen LogP contribution is -2.34. The van der Waals surface area contributed by atoms with Gasteiger partial charge in [-0.3, -0.25) is 4.79 Å². The van der Waals surface area contributed by atoms with Crippen LogP contribution in [0.2, 0.25) is 0 Å². The Morgan fingerprint density at radius 3 is 2.10 bits per heavy atom. The van der Waals surface area contributed by atoms with Gasteiger partial charge >= 0.3 is 0 Å². The van der Waals surface area contributed by atoms with Crippen molar-refractivity contribution < 1.29 is 4.79 Å². The minimum atomic E-state index is 0.523. The van der Waals surface area contributed by atoms with Crippen LogP contribution in [0.5, 0.6) is 0 Å². The second kappa shape index (κ2) is 6.62. The zero-order chi connectivity index (χ0) is 13.9. The van der Waals surface area contributed by atoms with Gasteiger partial charge in [0.15, 0.2) is 0 Å². The minimum absolute atomic E-state index is 0.523. The van der Waals surface area contributed by atoms with Crippen molar-refractivity contribution in [2.75, 3.05) is 0 Å². The van der Waals surface area contributed by atoms with Crippen LogP contribution < -0.4 is 0 Å². The molecule has 0 amide bonds. The van der Waals surface area contributed by atoms with E-state index < -0.39 is 0 Å². The Morgan fingerprint density at radius 1 is 0.800 bits per heavy atom. The smallest absolute Gasteiger partial charge is 0.132 e. The maximum Gasteiger partial charge on any atom is 0.132 e. The van der Waals surface area contributed by atoms with Gasteiger partial charge in [0.05, 0.1) is 0 Å². The average Bonchev–Trinajstić information content (AvgIpc) is 2.48. The fourth-order valence-electron chi connectivity index (χ4n) is 5.55. The molecule has 3 aliphatic rings. The average molecular weight is 276 g/mol. The van der Waals surface area contributed by atoms with E-state index >= 15 is 0 Å². The highest BCUT2D eigenvalue weighted by molar-refractivity contribution is 5.79. The van der Waals surface area contributed by atoms with Crippen LogP contribution in [0, 0.1) is 29.6 Å². The van der Waals surface area contributed by atoms with Gasteiger partial charge in [-0.1, -0.05) is 26.2 Å². The van der Waals surface area contributed by atoms with Gasteiger partial charge in [-0.2, -0.15) is 0 Å². The van der Waals surface area contributed by atoms with Gasteiger partial charge in [0, 0.05) is 12.8 Å². The maximum atomic E-state index is 11.4. The molecule has 114 valence electrons. The van der Waals surface area contributed by atoms with E-state index in [2.05, 4.69) is 6.92 Å². The molecule has 0 saturated heterocycles. The van der Waals surface area contributed by atoms with E-state index in [4.69, 9.17) is 0 Å². The van der Waals surface area contributed by atoms with E-state index in [1.165, 1.54) is 64.2 Å². The van der Waals surface area contributed by atoms with Crippen molar-refractivity contribution in [3.63, 3.8) is 0 Å². The van der Waals surface area contributed by atoms with Crippen LogP contribution in [0.4, 0.5) is 0 Å². The molecule has 0 aromatic heterocycles. The Labute approximate surface area is 124 Å². The van der Waals surface area contributed by atoms with Gasteiger partial charge in [0.2, 0.25) is 0 Å². The first-order chi connectivity index (χ1) is 9.76. The highest BCUT2D eigenvalue weighted by atomic mass is 16.1. The third-order valence-corrected chi connectivity index (χ3v) is 6.71. The van der Waals surface area contributed by atoms with Gasteiger partial charge < -0.3 is 0 Å². The fraction of sp³-hybridized carbons (Fsp3) is 0.947. The number of fused-ring (bicyclic) bond motifs is 1. The summed E-state index contributed by atoms with van der Waals surface area (Å²) in [4.78, 5) is 11.4. The molecule has 0 aliphatic heterocycles. The van der Waals surface area contributed by atoms with Crippen LogP contribution in [-0.2, 0) is 4.79 Å². The second-order valence-corrected chi connectivity index (χ2v) is 7.94. The van der Waals surface area contributed by atoms with Crippen molar-refractivity contribution in [2.45, 2.75) is 84.0 Å². The quantitative estimate of drug-likeness (QED) is 0.676. The monoisotopic (exact) mass is 276 g/mol. The predicted molar refractivity (Wildman–Crippen MR) is 83.5 cm³/mol. The lowest BCUT2D eigenvalue weighted by atomic mass is 9.61. The maximum absolute atomic E-state index is 11.4. The highest BCUT2D eigenvalue weighted by Crippen LogP contribution is 2.48. The number of hydrogen-bond acceptors (Lipinski definition) is 1. The molecule has 4 atom stereocenters. The molecule has 3 aliphatic carbocycles. The highest BCUT2D eigenvalue weighted by Gasteiger charge is 2.38. The molecule has 0 bridgehead atoms. The number of carbonyl (C=O) groups excluding carboxylic acids is 1. The molecule has 3 fully saturated rings. The van der Waals surface area contributed by atoms with Gasteiger partial charge in [-0.25, -0.2) is 0 Å². The topological polar surface area (TPSA) is 17.1 Å². The SMILES string of the molecule is CCCC1CCC2CC(C3CCC(=O)CC3)CCC2C1. The van der Waals surface area contributed by atoms with Crippen LogP contribution in [0.15, 0.2) is 0 Å². The van der Waals surface area contributed by atoms with Gasteiger partial charge in [0.25, 0.3) is 0 Å². The summed E-state index contributed by atoms with van der Waals surface area (Å²) in [5, 5.41) is 0. The van der Waals surface area contributed by atoms with Gasteiger partial charge in [-0.15, -0.1) is 0 Å². The van der Waals surface area contributed by atoms with Gasteiger partial charge in [-0.05, 0) is 74.5 Å². The van der Waals surface area contributed by atoms with Crippen molar-refractivity contribution in [3.05, 3.63) is 0 Å². The zero-order valence-electron chi connectivity index (χ0n) is 13.3. The van der Waals surface area contributed by atoms with Crippen molar-refractivity contribution in [2.24, 2.45) is 29.6 Å². The summed E-state index contributed by atoms with van der Waals surface area (Å²) in [5.74, 6) is 5.52. The molecule has 0 radical (unpaired) electrons. The molecule has 0 spiro atoms. The van der Waals surface area contributed by atoms with Crippen LogP contribution in [0.1, 0.15) is 84.0 Å². The van der Waals surface area contributed by atoms with Crippen LogP contribution >= 0.6 is 0 Å². The second-order valence-electron chi connectivity index (χ2n) is 7.94. The third-order valence-electron chi connectivity index (χ3n) is 6.71. The molecule has 4 unspecified atom stereocenters. The van der Waals surface area contributed by atoms with Crippen molar-refractivity contribution in [1.29, 1.82) is 0 Å². The number of carbonyl (C=O) groups is 1. The first kappa shape index (κ1) is 14.6. The number of ketones is 1. The Hall–Kier alpha value is -0.330. The zero-order valence-corrected chi connectivity index (χ0v) is 13.3. The normalized spacial score (nSPS) is 39.5. The van der Waals surface area contributed by atoms with Crippen molar-refractivity contribution in [3.8, 4) is 0 Å². The summed E-state index contributed by atoms with van der Waals surface area (Å²) in [6, 6.07) is 0. The lowest BCUT2D eigenvalue weighted by molar-refractivity contribution is -0.121. The summed E-state index contributed by atoms with van der Waals surface area (Å²) >= 11 is 0. The molecule has 0 aromatic rings. The van der Waals surface area contributed by atoms with Crippen LogP contribution in [-0.4, -0.2) is 5.78 Å². The molecule has 3 rings (SSSR count). The Morgan fingerprint density at radius 2 is 1.40 bits per heavy atom. The number of hydrogen-bond donors (Lipinski definition) is 0. The summed E-state index contributed by atoms with van der Waals surface area (Å²) in [7, 11) is 0. The van der Waals surface area contributed by atoms with Crippen molar-refractivity contribution >= 4 is 5.78 Å². The number of Topliss-reactive ketones (excluding diaryl/α,β-unsaturated/α-hetero) is 1. The molecule has 20 heavy (non-hydrogen) atoms. The van der Waals surface area contributed by atoms with E-state index in [1.54, 1.807) is 0 Å². The number of rotatable bonds is 3. The summed E-state index contributed by atoms with van der Waals surface area (Å²) < 4.78 is 0. The Bertz CT molecular complexity index is 325. The molecule has 1 nitrogen and oxygen atoms in total. The molecule has 0 N–H and O–H groups in total. The van der Waals surface area contributed by atoms with Gasteiger partial charge in [0.1, 0.15) is 5.78 Å². The van der Waals surface area contributed by atoms with Crippen LogP contribution in [0.25, 0.3) is 0 Å². The van der Waals surface area contributed by atoms with E-state index in [9.17, 15) is 4.79 Å². The fourth-order valence-corrected chi connectivity index (χ4v) is 5.55. The Balaban J connectivity index is 1.51. The molecular weight excluding hydrogens is 244 g/mol. The van der Waals surface area contributed by atoms with E-state index in [0.29, 0.717) is 5.78 Å². The third kappa shape index (κ3) is 3.28. The van der Waals surface area contributed by atoms with E-state index in [0.717, 1.165) is 42.4 Å². The van der Waals surface area contributed by atoms with Crippen molar-refractivity contribution in [1.82, 2.24) is 0 Å². The Kier molecular flexibility index (Phi) is 4.83. The summed E-state index contributed by atoms with van der Waals surface area (Å²) in [6.07, 6.45) is 16.1. The minimum Gasteiger partial charge on any atom is -0.300 e. The molecule has 0 heterocycles.